The molecule has 0 fully saturated rings. The van der Waals surface area contributed by atoms with Crippen molar-refractivity contribution in [2.75, 3.05) is 0 Å². The van der Waals surface area contributed by atoms with Crippen molar-refractivity contribution in [1.82, 2.24) is 0 Å². The second-order valence-corrected chi connectivity index (χ2v) is 7.81. The lowest BCUT2D eigenvalue weighted by molar-refractivity contribution is 0.900. The zero-order valence-electron chi connectivity index (χ0n) is 16.0. The molecule has 0 heterocycles. The van der Waals surface area contributed by atoms with E-state index in [1.165, 1.54) is 50.1 Å². The van der Waals surface area contributed by atoms with Gasteiger partial charge in [-0.05, 0) is 71.2 Å². The van der Waals surface area contributed by atoms with Gasteiger partial charge in [-0.15, -0.1) is 0 Å². The minimum Gasteiger partial charge on any atom is -0.0804 e. The highest BCUT2D eigenvalue weighted by molar-refractivity contribution is 5.82. The molecule has 0 spiro atoms. The Morgan fingerprint density at radius 1 is 0.889 bits per heavy atom. The monoisotopic (exact) mass is 348 g/mol. The zero-order chi connectivity index (χ0) is 18.4. The van der Waals surface area contributed by atoms with Gasteiger partial charge in [-0.1, -0.05) is 84.5 Å². The van der Waals surface area contributed by atoms with E-state index in [1.807, 2.05) is 0 Å². The molecule has 0 aliphatic heterocycles. The summed E-state index contributed by atoms with van der Waals surface area (Å²) < 4.78 is 0. The lowest BCUT2D eigenvalue weighted by Gasteiger charge is -2.25. The van der Waals surface area contributed by atoms with Crippen LogP contribution in [-0.2, 0) is 6.42 Å². The van der Waals surface area contributed by atoms with E-state index in [0.29, 0.717) is 5.92 Å². The van der Waals surface area contributed by atoms with Crippen molar-refractivity contribution in [3.63, 3.8) is 0 Å². The first kappa shape index (κ1) is 16.3. The Balaban J connectivity index is 1.76. The first-order valence-corrected chi connectivity index (χ1v) is 9.86. The summed E-state index contributed by atoms with van der Waals surface area (Å²) in [5, 5.41) is 0. The van der Waals surface area contributed by atoms with Crippen LogP contribution in [0.3, 0.4) is 0 Å². The maximum atomic E-state index is 2.46. The molecule has 3 aromatic carbocycles. The molecular formula is C27H24. The molecule has 2 aliphatic rings. The van der Waals surface area contributed by atoms with Crippen LogP contribution < -0.4 is 0 Å². The van der Waals surface area contributed by atoms with Gasteiger partial charge in [-0.3, -0.25) is 0 Å². The first-order valence-electron chi connectivity index (χ1n) is 9.86. The summed E-state index contributed by atoms with van der Waals surface area (Å²) in [5.74, 6) is 0.337. The molecule has 3 aromatic rings. The van der Waals surface area contributed by atoms with Gasteiger partial charge in [0.1, 0.15) is 0 Å². The van der Waals surface area contributed by atoms with Gasteiger partial charge in [0.25, 0.3) is 0 Å². The molecule has 0 amide bonds. The number of aryl methyl sites for hydroxylation is 1. The highest BCUT2D eigenvalue weighted by Crippen LogP contribution is 2.47. The van der Waals surface area contributed by atoms with Crippen LogP contribution in [0.1, 0.15) is 45.7 Å². The molecule has 0 N–H and O–H groups in total. The highest BCUT2D eigenvalue weighted by atomic mass is 14.3. The number of benzene rings is 3. The van der Waals surface area contributed by atoms with Crippen molar-refractivity contribution in [3.05, 3.63) is 118 Å². The third-order valence-electron chi connectivity index (χ3n) is 6.26. The van der Waals surface area contributed by atoms with E-state index in [-0.39, 0.29) is 0 Å². The molecule has 27 heavy (non-hydrogen) atoms. The molecule has 1 atom stereocenters. The van der Waals surface area contributed by atoms with Crippen molar-refractivity contribution in [2.24, 2.45) is 0 Å². The van der Waals surface area contributed by atoms with E-state index in [2.05, 4.69) is 92.7 Å². The third-order valence-corrected chi connectivity index (χ3v) is 6.26. The number of allylic oxidation sites excluding steroid dienone is 4. The van der Waals surface area contributed by atoms with Crippen LogP contribution in [0.15, 0.2) is 84.5 Å². The second kappa shape index (κ2) is 6.39. The largest absolute Gasteiger partial charge is 0.0804 e. The Morgan fingerprint density at radius 2 is 1.67 bits per heavy atom. The summed E-state index contributed by atoms with van der Waals surface area (Å²) >= 11 is 0. The van der Waals surface area contributed by atoms with Crippen molar-refractivity contribution in [2.45, 2.75) is 32.6 Å². The highest BCUT2D eigenvalue weighted by Gasteiger charge is 2.29. The van der Waals surface area contributed by atoms with Crippen LogP contribution in [0, 0.1) is 13.8 Å². The molecular weight excluding hydrogens is 324 g/mol. The van der Waals surface area contributed by atoms with E-state index in [4.69, 9.17) is 0 Å². The summed E-state index contributed by atoms with van der Waals surface area (Å²) in [7, 11) is 0. The van der Waals surface area contributed by atoms with Crippen molar-refractivity contribution < 1.29 is 0 Å². The Kier molecular flexibility index (Phi) is 3.86. The summed E-state index contributed by atoms with van der Waals surface area (Å²) in [4.78, 5) is 0. The Morgan fingerprint density at radius 3 is 2.44 bits per heavy atom. The smallest absolute Gasteiger partial charge is 0.0308 e. The number of hydrogen-bond acceptors (Lipinski definition) is 0. The van der Waals surface area contributed by atoms with E-state index < -0.39 is 0 Å². The van der Waals surface area contributed by atoms with Gasteiger partial charge in [0.05, 0.1) is 0 Å². The second-order valence-electron chi connectivity index (χ2n) is 7.81. The van der Waals surface area contributed by atoms with Gasteiger partial charge in [-0.25, -0.2) is 0 Å². The van der Waals surface area contributed by atoms with Gasteiger partial charge >= 0.3 is 0 Å². The van der Waals surface area contributed by atoms with Crippen LogP contribution in [-0.4, -0.2) is 0 Å². The fourth-order valence-electron chi connectivity index (χ4n) is 4.83. The summed E-state index contributed by atoms with van der Waals surface area (Å²) in [6.07, 6.45) is 8.91. The Hall–Kier alpha value is -2.86. The molecule has 0 saturated heterocycles. The van der Waals surface area contributed by atoms with Gasteiger partial charge in [-0.2, -0.15) is 0 Å². The van der Waals surface area contributed by atoms with Crippen molar-refractivity contribution >= 4 is 0 Å². The molecule has 0 bridgehead atoms. The van der Waals surface area contributed by atoms with E-state index in [1.54, 1.807) is 0 Å². The van der Waals surface area contributed by atoms with Crippen LogP contribution >= 0.6 is 0 Å². The number of rotatable bonds is 3. The molecule has 132 valence electrons. The minimum absolute atomic E-state index is 0.337. The van der Waals surface area contributed by atoms with Crippen LogP contribution in [0.2, 0.25) is 0 Å². The van der Waals surface area contributed by atoms with Gasteiger partial charge in [0, 0.05) is 5.92 Å². The van der Waals surface area contributed by atoms with E-state index >= 15 is 0 Å². The number of hydrogen-bond donors (Lipinski definition) is 0. The van der Waals surface area contributed by atoms with Crippen molar-refractivity contribution in [1.29, 1.82) is 0 Å². The standard InChI is InChI=1S/C27H24/c1-18-16-24(25-17-22-14-8-9-15-23(22)26(25)19(18)2)27(21-12-6-7-13-21)20-10-4-3-5-11-20/h3-12,14-16,27H,13,17H2,1-2H3. The third kappa shape index (κ3) is 2.59. The molecule has 0 aromatic heterocycles. The lowest BCUT2D eigenvalue weighted by atomic mass is 9.79. The summed E-state index contributed by atoms with van der Waals surface area (Å²) in [6.45, 7) is 4.55. The first-order chi connectivity index (χ1) is 13.2. The maximum absolute atomic E-state index is 2.46. The van der Waals surface area contributed by atoms with Crippen LogP contribution in [0.4, 0.5) is 0 Å². The number of fused-ring (bicyclic) bond motifs is 3. The van der Waals surface area contributed by atoms with Crippen LogP contribution in [0.5, 0.6) is 0 Å². The average Bonchev–Trinajstić information content (AvgIpc) is 3.35. The predicted octanol–water partition coefficient (Wildman–Crippen LogP) is 6.89. The van der Waals surface area contributed by atoms with Crippen molar-refractivity contribution in [3.8, 4) is 11.1 Å². The fourth-order valence-corrected chi connectivity index (χ4v) is 4.83. The molecule has 1 unspecified atom stereocenters. The van der Waals surface area contributed by atoms with E-state index in [0.717, 1.165) is 12.8 Å². The Bertz CT molecular complexity index is 1080. The maximum Gasteiger partial charge on any atom is 0.0308 e. The summed E-state index contributed by atoms with van der Waals surface area (Å²) in [5.41, 5.74) is 13.1. The SMILES string of the molecule is Cc1cc(C(C2=CC=CC2)c2ccccc2)c2c(c1C)-c1ccccc1C2. The van der Waals surface area contributed by atoms with Gasteiger partial charge in [0.2, 0.25) is 0 Å². The average molecular weight is 348 g/mol. The summed E-state index contributed by atoms with van der Waals surface area (Å²) in [6, 6.07) is 22.4. The molecule has 0 nitrogen and oxygen atoms in total. The zero-order valence-corrected chi connectivity index (χ0v) is 16.0. The molecule has 0 radical (unpaired) electrons. The predicted molar refractivity (Wildman–Crippen MR) is 114 cm³/mol. The normalized spacial score (nSPS) is 15.4. The van der Waals surface area contributed by atoms with Crippen LogP contribution in [0.25, 0.3) is 11.1 Å². The molecule has 2 aliphatic carbocycles. The topological polar surface area (TPSA) is 0 Å². The fraction of sp³-hybridized carbons (Fsp3) is 0.185. The van der Waals surface area contributed by atoms with Gasteiger partial charge in [0.15, 0.2) is 0 Å². The van der Waals surface area contributed by atoms with E-state index in [9.17, 15) is 0 Å². The lowest BCUT2D eigenvalue weighted by Crippen LogP contribution is -2.08. The Labute approximate surface area is 161 Å². The quantitative estimate of drug-likeness (QED) is 0.378. The molecule has 0 heteroatoms. The molecule has 0 saturated carbocycles. The van der Waals surface area contributed by atoms with Gasteiger partial charge < -0.3 is 0 Å². The molecule has 5 rings (SSSR count). The minimum atomic E-state index is 0.337.